The van der Waals surface area contributed by atoms with Crippen LogP contribution in [0.3, 0.4) is 0 Å². The third-order valence-electron chi connectivity index (χ3n) is 5.91. The van der Waals surface area contributed by atoms with Crippen LogP contribution in [0.1, 0.15) is 19.3 Å². The summed E-state index contributed by atoms with van der Waals surface area (Å²) in [5.41, 5.74) is 1.72. The Labute approximate surface area is 186 Å². The molecule has 1 aliphatic heterocycles. The molecule has 1 aromatic heterocycles. The monoisotopic (exact) mass is 447 g/mol. The lowest BCUT2D eigenvalue weighted by molar-refractivity contribution is -0.110. The van der Waals surface area contributed by atoms with Gasteiger partial charge in [0.2, 0.25) is 12.4 Å². The standard InChI is InChI=1S/C21H27ClFN7O/c1-29-7-9-30(10-8-29)19-6-5-14(11-15(19)22)26-21-24-12-16(23)20(28-21)27-18-4-2-3-17(18)25-13-31/h5-6,11-13,17-18H,2-4,7-10H2,1H3,(H,25,31)(H2,24,26,27,28)/t17-,18+/m0/s1. The normalized spacial score (nSPS) is 21.7. The zero-order chi connectivity index (χ0) is 21.8. The number of nitrogens with one attached hydrogen (secondary N) is 3. The van der Waals surface area contributed by atoms with Crippen molar-refractivity contribution < 1.29 is 9.18 Å². The molecule has 2 aromatic rings. The van der Waals surface area contributed by atoms with Crippen LogP contribution in [0.2, 0.25) is 5.02 Å². The molecule has 0 bridgehead atoms. The van der Waals surface area contributed by atoms with Crippen molar-refractivity contribution in [1.82, 2.24) is 20.2 Å². The topological polar surface area (TPSA) is 85.4 Å². The van der Waals surface area contributed by atoms with Gasteiger partial charge in [-0.25, -0.2) is 9.37 Å². The number of piperazine rings is 1. The summed E-state index contributed by atoms with van der Waals surface area (Å²) in [6.07, 6.45) is 4.46. The first-order valence-electron chi connectivity index (χ1n) is 10.5. The molecule has 2 aliphatic rings. The van der Waals surface area contributed by atoms with E-state index in [4.69, 9.17) is 11.6 Å². The number of anilines is 4. The SMILES string of the molecule is CN1CCN(c2ccc(Nc3ncc(F)c(N[C@@H]4CCC[C@@H]4NC=O)n3)cc2Cl)CC1. The Balaban J connectivity index is 1.45. The molecule has 0 radical (unpaired) electrons. The molecule has 166 valence electrons. The largest absolute Gasteiger partial charge is 0.368 e. The summed E-state index contributed by atoms with van der Waals surface area (Å²) in [5.74, 6) is -0.154. The molecule has 2 fully saturated rings. The van der Waals surface area contributed by atoms with Crippen LogP contribution in [0.25, 0.3) is 0 Å². The molecule has 0 spiro atoms. The van der Waals surface area contributed by atoms with Gasteiger partial charge < -0.3 is 25.8 Å². The predicted octanol–water partition coefficient (Wildman–Crippen LogP) is 2.84. The second kappa shape index (κ2) is 9.65. The number of hydrogen-bond acceptors (Lipinski definition) is 7. The minimum atomic E-state index is -0.536. The highest BCUT2D eigenvalue weighted by atomic mass is 35.5. The number of aromatic nitrogens is 2. The summed E-state index contributed by atoms with van der Waals surface area (Å²) in [6.45, 7) is 3.86. The maximum absolute atomic E-state index is 14.3. The minimum Gasteiger partial charge on any atom is -0.368 e. The zero-order valence-corrected chi connectivity index (χ0v) is 18.2. The van der Waals surface area contributed by atoms with E-state index in [9.17, 15) is 9.18 Å². The number of carbonyl (C=O) groups is 1. The van der Waals surface area contributed by atoms with Crippen LogP contribution in [-0.2, 0) is 4.79 Å². The molecule has 2 atom stereocenters. The van der Waals surface area contributed by atoms with E-state index >= 15 is 0 Å². The molecule has 3 N–H and O–H groups in total. The number of likely N-dealkylation sites (N-methyl/N-ethyl adjacent to an activating group) is 1. The van der Waals surface area contributed by atoms with E-state index in [0.717, 1.165) is 63.0 Å². The highest BCUT2D eigenvalue weighted by molar-refractivity contribution is 6.33. The molecule has 1 saturated carbocycles. The van der Waals surface area contributed by atoms with Gasteiger partial charge in [-0.2, -0.15) is 4.98 Å². The number of nitrogens with zero attached hydrogens (tertiary/aromatic N) is 4. The Bertz CT molecular complexity index is 923. The average molecular weight is 448 g/mol. The number of hydrogen-bond donors (Lipinski definition) is 3. The molecule has 8 nitrogen and oxygen atoms in total. The second-order valence-electron chi connectivity index (χ2n) is 8.04. The number of halogens is 2. The molecule has 1 aromatic carbocycles. The first-order chi connectivity index (χ1) is 15.0. The van der Waals surface area contributed by atoms with E-state index in [1.807, 2.05) is 18.2 Å². The number of benzene rings is 1. The van der Waals surface area contributed by atoms with Crippen molar-refractivity contribution >= 4 is 41.2 Å². The van der Waals surface area contributed by atoms with E-state index < -0.39 is 5.82 Å². The Kier molecular flexibility index (Phi) is 6.72. The minimum absolute atomic E-state index is 0.0378. The highest BCUT2D eigenvalue weighted by Crippen LogP contribution is 2.31. The number of carbonyl (C=O) groups excluding carboxylic acids is 1. The van der Waals surface area contributed by atoms with Gasteiger partial charge in [0.05, 0.1) is 16.9 Å². The maximum Gasteiger partial charge on any atom is 0.229 e. The van der Waals surface area contributed by atoms with Crippen molar-refractivity contribution in [3.63, 3.8) is 0 Å². The maximum atomic E-state index is 14.3. The summed E-state index contributed by atoms with van der Waals surface area (Å²) in [4.78, 5) is 23.7. The van der Waals surface area contributed by atoms with E-state index in [0.29, 0.717) is 11.4 Å². The summed E-state index contributed by atoms with van der Waals surface area (Å²) in [5, 5.41) is 9.64. The average Bonchev–Trinajstić information content (AvgIpc) is 3.18. The lowest BCUT2D eigenvalue weighted by atomic mass is 10.2. The Hall–Kier alpha value is -2.65. The molecule has 31 heavy (non-hydrogen) atoms. The molecule has 1 amide bonds. The van der Waals surface area contributed by atoms with Gasteiger partial charge in [0, 0.05) is 44.0 Å². The lowest BCUT2D eigenvalue weighted by Crippen LogP contribution is -2.44. The predicted molar refractivity (Wildman–Crippen MR) is 121 cm³/mol. The molecule has 10 heteroatoms. The quantitative estimate of drug-likeness (QED) is 0.563. The van der Waals surface area contributed by atoms with Crippen molar-refractivity contribution in [3.05, 3.63) is 35.2 Å². The fraction of sp³-hybridized carbons (Fsp3) is 0.476. The third-order valence-corrected chi connectivity index (χ3v) is 6.21. The molecule has 4 rings (SSSR count). The first-order valence-corrected chi connectivity index (χ1v) is 10.9. The van der Waals surface area contributed by atoms with E-state index in [2.05, 4.69) is 42.8 Å². The third kappa shape index (κ3) is 5.16. The van der Waals surface area contributed by atoms with Crippen LogP contribution in [0.5, 0.6) is 0 Å². The second-order valence-corrected chi connectivity index (χ2v) is 8.45. The fourth-order valence-corrected chi connectivity index (χ4v) is 4.44. The van der Waals surface area contributed by atoms with Crippen LogP contribution >= 0.6 is 11.6 Å². The number of rotatable bonds is 7. The summed E-state index contributed by atoms with van der Waals surface area (Å²) < 4.78 is 14.3. The summed E-state index contributed by atoms with van der Waals surface area (Å²) in [6, 6.07) is 5.62. The lowest BCUT2D eigenvalue weighted by Gasteiger charge is -2.34. The molecule has 2 heterocycles. The van der Waals surface area contributed by atoms with Crippen molar-refractivity contribution in [2.24, 2.45) is 0 Å². The molecule has 0 unspecified atom stereocenters. The van der Waals surface area contributed by atoms with Gasteiger partial charge in [-0.1, -0.05) is 11.6 Å². The Morgan fingerprint density at radius 1 is 1.19 bits per heavy atom. The van der Waals surface area contributed by atoms with Crippen molar-refractivity contribution in [1.29, 1.82) is 0 Å². The van der Waals surface area contributed by atoms with Crippen LogP contribution in [0.4, 0.5) is 27.5 Å². The van der Waals surface area contributed by atoms with Gasteiger partial charge in [0.1, 0.15) is 0 Å². The smallest absolute Gasteiger partial charge is 0.229 e. The summed E-state index contributed by atoms with van der Waals surface area (Å²) in [7, 11) is 2.11. The van der Waals surface area contributed by atoms with Crippen LogP contribution in [-0.4, -0.2) is 66.6 Å². The van der Waals surface area contributed by atoms with Crippen molar-refractivity contribution in [2.45, 2.75) is 31.3 Å². The molecular formula is C21H27ClFN7O. The van der Waals surface area contributed by atoms with Crippen LogP contribution in [0, 0.1) is 5.82 Å². The van der Waals surface area contributed by atoms with Gasteiger partial charge in [-0.15, -0.1) is 0 Å². The van der Waals surface area contributed by atoms with Gasteiger partial charge in [0.15, 0.2) is 11.6 Å². The van der Waals surface area contributed by atoms with E-state index in [1.165, 1.54) is 0 Å². The highest BCUT2D eigenvalue weighted by Gasteiger charge is 2.28. The van der Waals surface area contributed by atoms with Gasteiger partial charge in [-0.05, 0) is 44.5 Å². The van der Waals surface area contributed by atoms with Crippen molar-refractivity contribution in [2.75, 3.05) is 48.8 Å². The van der Waals surface area contributed by atoms with Gasteiger partial charge in [0.25, 0.3) is 0 Å². The molecular weight excluding hydrogens is 421 g/mol. The van der Waals surface area contributed by atoms with Crippen LogP contribution in [0.15, 0.2) is 24.4 Å². The molecule has 1 saturated heterocycles. The van der Waals surface area contributed by atoms with E-state index in [1.54, 1.807) is 0 Å². The van der Waals surface area contributed by atoms with Crippen molar-refractivity contribution in [3.8, 4) is 0 Å². The van der Waals surface area contributed by atoms with E-state index in [-0.39, 0.29) is 23.8 Å². The Morgan fingerprint density at radius 2 is 1.97 bits per heavy atom. The molecule has 1 aliphatic carbocycles. The zero-order valence-electron chi connectivity index (χ0n) is 17.4. The fourth-order valence-electron chi connectivity index (χ4n) is 4.14. The van der Waals surface area contributed by atoms with Crippen LogP contribution < -0.4 is 20.9 Å². The van der Waals surface area contributed by atoms with Gasteiger partial charge >= 0.3 is 0 Å². The number of amides is 1. The summed E-state index contributed by atoms with van der Waals surface area (Å²) >= 11 is 6.54. The van der Waals surface area contributed by atoms with Gasteiger partial charge in [-0.3, -0.25) is 4.79 Å². The Morgan fingerprint density at radius 3 is 2.71 bits per heavy atom. The first kappa shape index (κ1) is 21.6.